The highest BCUT2D eigenvalue weighted by molar-refractivity contribution is 5.83. The van der Waals surface area contributed by atoms with E-state index in [4.69, 9.17) is 9.15 Å². The van der Waals surface area contributed by atoms with E-state index in [1.54, 1.807) is 26.2 Å². The Morgan fingerprint density at radius 1 is 1.08 bits per heavy atom. The maximum atomic E-state index is 12.4. The second-order valence-electron chi connectivity index (χ2n) is 6.40. The number of benzene rings is 2. The third kappa shape index (κ3) is 3.77. The summed E-state index contributed by atoms with van der Waals surface area (Å²) in [4.78, 5) is 25.4. The quantitative estimate of drug-likeness (QED) is 0.668. The average molecular weight is 351 g/mol. The summed E-state index contributed by atoms with van der Waals surface area (Å²) in [5.41, 5.74) is 2.83. The van der Waals surface area contributed by atoms with Gasteiger partial charge in [-0.1, -0.05) is 30.3 Å². The molecule has 0 bridgehead atoms. The molecule has 2 aromatic carbocycles. The van der Waals surface area contributed by atoms with Crippen molar-refractivity contribution in [1.29, 1.82) is 0 Å². The van der Waals surface area contributed by atoms with Crippen LogP contribution >= 0.6 is 0 Å². The minimum atomic E-state index is -0.483. The number of carbonyl (C=O) groups is 1. The molecule has 26 heavy (non-hydrogen) atoms. The molecule has 1 amide bonds. The van der Waals surface area contributed by atoms with Crippen LogP contribution in [0.2, 0.25) is 0 Å². The van der Waals surface area contributed by atoms with Crippen LogP contribution < -0.4 is 10.4 Å². The highest BCUT2D eigenvalue weighted by atomic mass is 16.6. The van der Waals surface area contributed by atoms with Crippen LogP contribution in [0.5, 0.6) is 5.75 Å². The third-order valence-corrected chi connectivity index (χ3v) is 4.34. The molecule has 3 aromatic rings. The van der Waals surface area contributed by atoms with E-state index >= 15 is 0 Å². The molecule has 0 radical (unpaired) electrons. The van der Waals surface area contributed by atoms with E-state index in [9.17, 15) is 9.59 Å². The second kappa shape index (κ2) is 7.44. The van der Waals surface area contributed by atoms with Gasteiger partial charge in [-0.15, -0.1) is 0 Å². The summed E-state index contributed by atoms with van der Waals surface area (Å²) >= 11 is 0. The molecule has 0 fully saturated rings. The largest absolute Gasteiger partial charge is 0.422 e. The molecule has 1 heterocycles. The first-order chi connectivity index (χ1) is 12.5. The fourth-order valence-corrected chi connectivity index (χ4v) is 2.83. The Hall–Kier alpha value is -3.08. The lowest BCUT2D eigenvalue weighted by Gasteiger charge is -2.12. The molecule has 0 aliphatic heterocycles. The first kappa shape index (κ1) is 17.7. The van der Waals surface area contributed by atoms with Crippen LogP contribution in [0.25, 0.3) is 11.0 Å². The molecule has 134 valence electrons. The average Bonchev–Trinajstić information content (AvgIpc) is 2.62. The van der Waals surface area contributed by atoms with Crippen molar-refractivity contribution in [2.45, 2.75) is 19.8 Å². The van der Waals surface area contributed by atoms with Gasteiger partial charge in [0.15, 0.2) is 0 Å². The van der Waals surface area contributed by atoms with Gasteiger partial charge in [-0.3, -0.25) is 0 Å². The SMILES string of the molecule is Cc1c(CCc2ccccc2)c(=O)oc2cc(OC(=O)N(C)C)ccc12. The molecule has 0 saturated carbocycles. The minimum Gasteiger partial charge on any atom is -0.422 e. The van der Waals surface area contributed by atoms with Crippen molar-refractivity contribution in [2.24, 2.45) is 0 Å². The van der Waals surface area contributed by atoms with Gasteiger partial charge in [0.25, 0.3) is 0 Å². The number of aryl methyl sites for hydroxylation is 2. The number of rotatable bonds is 4. The number of fused-ring (bicyclic) bond motifs is 1. The Morgan fingerprint density at radius 3 is 2.50 bits per heavy atom. The van der Waals surface area contributed by atoms with Crippen molar-refractivity contribution >= 4 is 17.1 Å². The van der Waals surface area contributed by atoms with E-state index in [1.165, 1.54) is 10.5 Å². The lowest BCUT2D eigenvalue weighted by molar-refractivity contribution is 0.172. The lowest BCUT2D eigenvalue weighted by atomic mass is 10.00. The first-order valence-corrected chi connectivity index (χ1v) is 8.45. The minimum absolute atomic E-state index is 0.343. The Labute approximate surface area is 151 Å². The van der Waals surface area contributed by atoms with E-state index in [2.05, 4.69) is 0 Å². The first-order valence-electron chi connectivity index (χ1n) is 8.45. The topological polar surface area (TPSA) is 59.8 Å². The number of hydrogen-bond acceptors (Lipinski definition) is 4. The predicted molar refractivity (Wildman–Crippen MR) is 101 cm³/mol. The van der Waals surface area contributed by atoms with Gasteiger partial charge in [-0.2, -0.15) is 0 Å². The Bertz CT molecular complexity index is 990. The molecule has 5 heteroatoms. The zero-order valence-corrected chi connectivity index (χ0v) is 15.1. The molecule has 0 atom stereocenters. The molecule has 0 unspecified atom stereocenters. The highest BCUT2D eigenvalue weighted by Gasteiger charge is 2.13. The number of nitrogens with zero attached hydrogens (tertiary/aromatic N) is 1. The Balaban J connectivity index is 1.90. The van der Waals surface area contributed by atoms with E-state index in [0.717, 1.165) is 17.4 Å². The number of carbonyl (C=O) groups excluding carboxylic acids is 1. The Morgan fingerprint density at radius 2 is 1.81 bits per heavy atom. The van der Waals surface area contributed by atoms with Crippen molar-refractivity contribution < 1.29 is 13.9 Å². The lowest BCUT2D eigenvalue weighted by Crippen LogP contribution is -2.25. The van der Waals surface area contributed by atoms with E-state index < -0.39 is 6.09 Å². The maximum Gasteiger partial charge on any atom is 0.414 e. The van der Waals surface area contributed by atoms with Gasteiger partial charge in [0.05, 0.1) is 0 Å². The molecule has 1 aromatic heterocycles. The molecular formula is C21H21NO4. The molecule has 0 aliphatic carbocycles. The summed E-state index contributed by atoms with van der Waals surface area (Å²) in [5.74, 6) is 0.343. The standard InChI is InChI=1S/C21H21NO4/c1-14-17-12-10-16(25-21(24)22(2)3)13-19(17)26-20(23)18(14)11-9-15-7-5-4-6-8-15/h4-8,10,12-13H,9,11H2,1-3H3. The number of amides is 1. The molecule has 0 aliphatic rings. The summed E-state index contributed by atoms with van der Waals surface area (Å²) in [7, 11) is 3.21. The fraction of sp³-hybridized carbons (Fsp3) is 0.238. The molecule has 0 spiro atoms. The zero-order valence-electron chi connectivity index (χ0n) is 15.1. The van der Waals surface area contributed by atoms with Crippen LogP contribution in [0.4, 0.5) is 4.79 Å². The molecule has 5 nitrogen and oxygen atoms in total. The molecule has 3 rings (SSSR count). The molecular weight excluding hydrogens is 330 g/mol. The second-order valence-corrected chi connectivity index (χ2v) is 6.40. The van der Waals surface area contributed by atoms with Gasteiger partial charge in [0.1, 0.15) is 11.3 Å². The van der Waals surface area contributed by atoms with E-state index in [-0.39, 0.29) is 5.63 Å². The van der Waals surface area contributed by atoms with Crippen LogP contribution in [-0.2, 0) is 12.8 Å². The summed E-state index contributed by atoms with van der Waals surface area (Å²) in [6.07, 6.45) is 0.907. The van der Waals surface area contributed by atoms with Gasteiger partial charge in [-0.25, -0.2) is 9.59 Å². The zero-order chi connectivity index (χ0) is 18.7. The highest BCUT2D eigenvalue weighted by Crippen LogP contribution is 2.25. The van der Waals surface area contributed by atoms with Crippen LogP contribution in [-0.4, -0.2) is 25.1 Å². The van der Waals surface area contributed by atoms with E-state index in [0.29, 0.717) is 23.3 Å². The van der Waals surface area contributed by atoms with Gasteiger partial charge < -0.3 is 14.1 Å². The van der Waals surface area contributed by atoms with Crippen LogP contribution in [0.3, 0.4) is 0 Å². The van der Waals surface area contributed by atoms with Crippen molar-refractivity contribution in [3.8, 4) is 5.75 Å². The predicted octanol–water partition coefficient (Wildman–Crippen LogP) is 3.95. The van der Waals surface area contributed by atoms with E-state index in [1.807, 2.05) is 43.3 Å². The van der Waals surface area contributed by atoms with Gasteiger partial charge in [-0.05, 0) is 43.0 Å². The fourth-order valence-electron chi connectivity index (χ4n) is 2.83. The number of hydrogen-bond donors (Lipinski definition) is 0. The smallest absolute Gasteiger partial charge is 0.414 e. The Kier molecular flexibility index (Phi) is 5.07. The molecule has 0 saturated heterocycles. The van der Waals surface area contributed by atoms with Crippen LogP contribution in [0.15, 0.2) is 57.7 Å². The summed E-state index contributed by atoms with van der Waals surface area (Å²) in [6.45, 7) is 1.92. The monoisotopic (exact) mass is 351 g/mol. The normalized spacial score (nSPS) is 10.7. The van der Waals surface area contributed by atoms with Crippen molar-refractivity contribution in [2.75, 3.05) is 14.1 Å². The number of ether oxygens (including phenoxy) is 1. The van der Waals surface area contributed by atoms with Crippen molar-refractivity contribution in [1.82, 2.24) is 4.90 Å². The van der Waals surface area contributed by atoms with Crippen molar-refractivity contribution in [3.05, 3.63) is 75.6 Å². The summed E-state index contributed by atoms with van der Waals surface area (Å²) in [5, 5.41) is 0.845. The van der Waals surface area contributed by atoms with Gasteiger partial charge >= 0.3 is 11.7 Å². The maximum absolute atomic E-state index is 12.4. The molecule has 0 N–H and O–H groups in total. The van der Waals surface area contributed by atoms with Crippen molar-refractivity contribution in [3.63, 3.8) is 0 Å². The third-order valence-electron chi connectivity index (χ3n) is 4.34. The van der Waals surface area contributed by atoms with Gasteiger partial charge in [0.2, 0.25) is 0 Å². The van der Waals surface area contributed by atoms with Crippen LogP contribution in [0, 0.1) is 6.92 Å². The van der Waals surface area contributed by atoms with Gasteiger partial charge in [0, 0.05) is 31.1 Å². The van der Waals surface area contributed by atoms with Crippen LogP contribution in [0.1, 0.15) is 16.7 Å². The summed E-state index contributed by atoms with van der Waals surface area (Å²) in [6, 6.07) is 15.1. The summed E-state index contributed by atoms with van der Waals surface area (Å²) < 4.78 is 10.7.